The fraction of sp³-hybridized carbons (Fsp3) is 0.458. The third kappa shape index (κ3) is 6.55. The number of halogens is 6. The number of carbonyl (C=O) groups excluding carboxylic acids is 1. The number of nitrogens with one attached hydrogen (secondary N) is 1. The summed E-state index contributed by atoms with van der Waals surface area (Å²) in [6.07, 6.45) is -0.340. The Morgan fingerprint density at radius 1 is 1.11 bits per heavy atom. The lowest BCUT2D eigenvalue weighted by Gasteiger charge is -2.26. The smallest absolute Gasteiger partial charge is 0.458 e. The second-order valence-electron chi connectivity index (χ2n) is 8.73. The Kier molecular flexibility index (Phi) is 7.42. The molecule has 1 saturated heterocycles. The van der Waals surface area contributed by atoms with Gasteiger partial charge in [-0.15, -0.1) is 13.2 Å². The summed E-state index contributed by atoms with van der Waals surface area (Å²) in [5.74, 6) is -6.20. The van der Waals surface area contributed by atoms with Gasteiger partial charge < -0.3 is 19.4 Å². The predicted octanol–water partition coefficient (Wildman–Crippen LogP) is 5.62. The fourth-order valence-electron chi connectivity index (χ4n) is 4.33. The minimum atomic E-state index is -4.81. The molecule has 0 unspecified atom stereocenters. The number of likely N-dealkylation sites (tertiary alicyclic amines) is 1. The van der Waals surface area contributed by atoms with Crippen LogP contribution in [-0.2, 0) is 23.6 Å². The van der Waals surface area contributed by atoms with Gasteiger partial charge in [0.25, 0.3) is 5.91 Å². The normalized spacial score (nSPS) is 17.6. The van der Waals surface area contributed by atoms with Crippen LogP contribution in [0.5, 0.6) is 5.75 Å². The highest BCUT2D eigenvalue weighted by atomic mass is 35.5. The zero-order chi connectivity index (χ0) is 25.2. The van der Waals surface area contributed by atoms with Crippen LogP contribution in [0, 0.1) is 0 Å². The number of alkyl halides is 5. The van der Waals surface area contributed by atoms with E-state index in [9.17, 15) is 18.0 Å². The van der Waals surface area contributed by atoms with E-state index in [1.54, 1.807) is 6.08 Å². The van der Waals surface area contributed by atoms with Crippen molar-refractivity contribution in [1.82, 2.24) is 10.2 Å². The number of ether oxygens (including phenoxy) is 1. The van der Waals surface area contributed by atoms with Crippen LogP contribution in [0.2, 0.25) is 0 Å². The second kappa shape index (κ2) is 10.2. The number of aryl methyl sites for hydroxylation is 1. The van der Waals surface area contributed by atoms with Crippen LogP contribution >= 0.6 is 11.6 Å². The molecule has 5 nitrogen and oxygen atoms in total. The number of rotatable bonds is 8. The zero-order valence-electron chi connectivity index (χ0n) is 18.6. The quantitative estimate of drug-likeness (QED) is 0.461. The minimum absolute atomic E-state index is 0.150. The van der Waals surface area contributed by atoms with E-state index in [4.69, 9.17) is 16.0 Å². The Balaban J connectivity index is 1.48. The van der Waals surface area contributed by atoms with E-state index in [1.807, 2.05) is 0 Å². The highest BCUT2D eigenvalue weighted by Crippen LogP contribution is 2.36. The van der Waals surface area contributed by atoms with E-state index in [-0.39, 0.29) is 12.2 Å². The van der Waals surface area contributed by atoms with Crippen molar-refractivity contribution in [2.75, 3.05) is 19.6 Å². The van der Waals surface area contributed by atoms with Crippen LogP contribution in [0.1, 0.15) is 41.9 Å². The van der Waals surface area contributed by atoms with Gasteiger partial charge in [-0.25, -0.2) is 0 Å². The molecule has 1 N–H and O–H groups in total. The van der Waals surface area contributed by atoms with E-state index in [0.29, 0.717) is 41.3 Å². The fourth-order valence-corrected chi connectivity index (χ4v) is 4.54. The van der Waals surface area contributed by atoms with Crippen LogP contribution < -0.4 is 10.1 Å². The van der Waals surface area contributed by atoms with Gasteiger partial charge in [-0.3, -0.25) is 4.79 Å². The lowest BCUT2D eigenvalue weighted by molar-refractivity contribution is -0.274. The predicted molar refractivity (Wildman–Crippen MR) is 119 cm³/mol. The number of allylic oxidation sites excluding steroid dienone is 1. The summed E-state index contributed by atoms with van der Waals surface area (Å²) in [6.45, 7) is 1.88. The molecule has 190 valence electrons. The molecule has 2 aromatic rings. The van der Waals surface area contributed by atoms with Crippen molar-refractivity contribution in [3.05, 3.63) is 58.0 Å². The molecule has 2 aliphatic rings. The maximum absolute atomic E-state index is 15.1. The molecule has 2 heterocycles. The van der Waals surface area contributed by atoms with Crippen LogP contribution in [0.3, 0.4) is 0 Å². The number of furan rings is 1. The largest absolute Gasteiger partial charge is 0.573 e. The Morgan fingerprint density at radius 3 is 2.46 bits per heavy atom. The van der Waals surface area contributed by atoms with Gasteiger partial charge >= 0.3 is 12.3 Å². The highest BCUT2D eigenvalue weighted by Gasteiger charge is 2.46. The summed E-state index contributed by atoms with van der Waals surface area (Å²) in [5, 5.41) is 2.95. The Bertz CT molecular complexity index is 1080. The molecule has 1 atom stereocenters. The zero-order valence-corrected chi connectivity index (χ0v) is 19.4. The molecule has 1 fully saturated rings. The molecule has 35 heavy (non-hydrogen) atoms. The first-order valence-electron chi connectivity index (χ1n) is 11.2. The van der Waals surface area contributed by atoms with Crippen LogP contribution in [0.25, 0.3) is 6.08 Å². The first-order valence-corrected chi connectivity index (χ1v) is 11.6. The van der Waals surface area contributed by atoms with Gasteiger partial charge in [-0.2, -0.15) is 8.78 Å². The van der Waals surface area contributed by atoms with Gasteiger partial charge in [0, 0.05) is 29.6 Å². The molecular formula is C24H24ClF5N2O3. The molecule has 0 saturated carbocycles. The highest BCUT2D eigenvalue weighted by molar-refractivity contribution is 6.31. The van der Waals surface area contributed by atoms with Crippen LogP contribution in [-0.4, -0.2) is 42.8 Å². The van der Waals surface area contributed by atoms with E-state index >= 15 is 8.78 Å². The first-order chi connectivity index (χ1) is 16.5. The molecular weight excluding hydrogens is 495 g/mol. The topological polar surface area (TPSA) is 54.7 Å². The van der Waals surface area contributed by atoms with Crippen molar-refractivity contribution in [3.8, 4) is 5.75 Å². The first kappa shape index (κ1) is 25.5. The molecule has 11 heteroatoms. The minimum Gasteiger partial charge on any atom is -0.458 e. The second-order valence-corrected chi connectivity index (χ2v) is 9.21. The molecule has 4 rings (SSSR count). The summed E-state index contributed by atoms with van der Waals surface area (Å²) >= 11 is 5.98. The van der Waals surface area contributed by atoms with Gasteiger partial charge in [-0.05, 0) is 68.6 Å². The third-order valence-corrected chi connectivity index (χ3v) is 6.29. The number of carbonyl (C=O) groups is 1. The van der Waals surface area contributed by atoms with Crippen molar-refractivity contribution in [3.63, 3.8) is 0 Å². The molecule has 1 aliphatic heterocycles. The van der Waals surface area contributed by atoms with E-state index in [2.05, 4.69) is 15.0 Å². The lowest BCUT2D eigenvalue weighted by atomic mass is 10.0. The summed E-state index contributed by atoms with van der Waals surface area (Å²) in [4.78, 5) is 14.8. The maximum atomic E-state index is 15.1. The lowest BCUT2D eigenvalue weighted by Crippen LogP contribution is -2.49. The number of benzene rings is 1. The SMILES string of the molecule is O=C(N[C@@H](Cc1ccc(OC(F)(F)F)cc1)CN1CCCC1)C(F)(F)c1cc2c(o1)CCC(Cl)=C2. The average Bonchev–Trinajstić information content (AvgIpc) is 3.43. The summed E-state index contributed by atoms with van der Waals surface area (Å²) < 4.78 is 76.5. The standard InChI is InChI=1S/C24H24ClF5N2O3/c25-17-5-8-20-16(12-17)13-21(34-20)23(26,27)22(33)31-18(14-32-9-1-2-10-32)11-15-3-6-19(7-4-15)35-24(28,29)30/h3-4,6-7,12-13,18H,1-2,5,8-11,14H2,(H,31,33)/t18-/m0/s1. The third-order valence-electron chi connectivity index (χ3n) is 5.99. The van der Waals surface area contributed by atoms with Gasteiger partial charge in [0.15, 0.2) is 5.76 Å². The van der Waals surface area contributed by atoms with Crippen molar-refractivity contribution in [2.24, 2.45) is 0 Å². The number of nitrogens with zero attached hydrogens (tertiary/aromatic N) is 1. The van der Waals surface area contributed by atoms with Crippen LogP contribution in [0.15, 0.2) is 39.8 Å². The Morgan fingerprint density at radius 2 is 1.80 bits per heavy atom. The molecule has 0 radical (unpaired) electrons. The Hall–Kier alpha value is -2.59. The van der Waals surface area contributed by atoms with Gasteiger partial charge in [-0.1, -0.05) is 23.7 Å². The average molecular weight is 519 g/mol. The Labute approximate surface area is 203 Å². The number of hydrogen-bond acceptors (Lipinski definition) is 4. The maximum Gasteiger partial charge on any atom is 0.573 e. The molecule has 1 aromatic heterocycles. The van der Waals surface area contributed by atoms with Crippen LogP contribution in [0.4, 0.5) is 22.0 Å². The van der Waals surface area contributed by atoms with E-state index < -0.39 is 30.0 Å². The van der Waals surface area contributed by atoms with Crippen molar-refractivity contribution >= 4 is 23.6 Å². The molecule has 0 spiro atoms. The number of amides is 1. The van der Waals surface area contributed by atoms with Gasteiger partial charge in [0.2, 0.25) is 0 Å². The molecule has 0 bridgehead atoms. The van der Waals surface area contributed by atoms with E-state index in [1.165, 1.54) is 12.1 Å². The van der Waals surface area contributed by atoms with Gasteiger partial charge in [0.1, 0.15) is 11.5 Å². The number of fused-ring (bicyclic) bond motifs is 1. The van der Waals surface area contributed by atoms with Crippen molar-refractivity contribution in [1.29, 1.82) is 0 Å². The van der Waals surface area contributed by atoms with Crippen molar-refractivity contribution < 1.29 is 35.9 Å². The molecule has 1 aliphatic carbocycles. The van der Waals surface area contributed by atoms with Gasteiger partial charge in [0.05, 0.1) is 0 Å². The monoisotopic (exact) mass is 518 g/mol. The van der Waals surface area contributed by atoms with E-state index in [0.717, 1.165) is 44.1 Å². The summed E-state index contributed by atoms with van der Waals surface area (Å²) in [7, 11) is 0. The summed E-state index contributed by atoms with van der Waals surface area (Å²) in [5.41, 5.74) is 0.999. The molecule has 1 aromatic carbocycles. The molecule has 1 amide bonds. The van der Waals surface area contributed by atoms with Crippen molar-refractivity contribution in [2.45, 2.75) is 50.4 Å². The summed E-state index contributed by atoms with van der Waals surface area (Å²) in [6, 6.07) is 5.57. The number of hydrogen-bond donors (Lipinski definition) is 1.